The topological polar surface area (TPSA) is 95.5 Å². The molecule has 1 fully saturated rings. The van der Waals surface area contributed by atoms with Gasteiger partial charge >= 0.3 is 6.03 Å². The Bertz CT molecular complexity index is 999. The number of nitrogens with one attached hydrogen (secondary N) is 2. The Labute approximate surface area is 166 Å². The summed E-state index contributed by atoms with van der Waals surface area (Å²) in [7, 11) is -3.70. The van der Waals surface area contributed by atoms with Crippen molar-refractivity contribution >= 4 is 44.5 Å². The minimum Gasteiger partial charge on any atom is -0.504 e. The molecule has 0 bridgehead atoms. The van der Waals surface area contributed by atoms with Gasteiger partial charge in [0.1, 0.15) is 4.90 Å². The average Bonchev–Trinajstić information content (AvgIpc) is 3.36. The zero-order valence-corrected chi connectivity index (χ0v) is 16.8. The van der Waals surface area contributed by atoms with E-state index < -0.39 is 26.9 Å². The predicted octanol–water partition coefficient (Wildman–Crippen LogP) is 4.24. The number of sulfone groups is 1. The summed E-state index contributed by atoms with van der Waals surface area (Å²) in [4.78, 5) is 13.3. The molecule has 27 heavy (non-hydrogen) atoms. The van der Waals surface area contributed by atoms with E-state index in [4.69, 9.17) is 11.6 Å². The lowest BCUT2D eigenvalue weighted by molar-refractivity contribution is 0.247. The van der Waals surface area contributed by atoms with Gasteiger partial charge in [-0.2, -0.15) is 0 Å². The van der Waals surface area contributed by atoms with Gasteiger partial charge in [0, 0.05) is 4.88 Å². The molecule has 2 amide bonds. The number of urea groups is 1. The largest absolute Gasteiger partial charge is 0.504 e. The fraction of sp³-hybridized carbons (Fsp3) is 0.389. The average molecular weight is 427 g/mol. The molecule has 0 aliphatic heterocycles. The standard InChI is InChI=1S/C18H19ClN2O4S2/c19-12-6-7-13(15(22)17(12)27(24,25)11-4-5-11)20-18(23)21-14-3-1-2-10-8-9-26-16(10)14/h6-9,11,14,22H,1-5H2,(H2,20,21,23)/t14-/m1/s1. The lowest BCUT2D eigenvalue weighted by Crippen LogP contribution is -2.33. The Kier molecular flexibility index (Phi) is 4.82. The maximum absolute atomic E-state index is 12.5. The first kappa shape index (κ1) is 18.6. The second kappa shape index (κ2) is 7.00. The number of anilines is 1. The summed E-state index contributed by atoms with van der Waals surface area (Å²) in [6.07, 6.45) is 3.96. The molecule has 0 radical (unpaired) electrons. The van der Waals surface area contributed by atoms with Gasteiger partial charge in [-0.15, -0.1) is 11.3 Å². The maximum atomic E-state index is 12.5. The Balaban J connectivity index is 1.54. The van der Waals surface area contributed by atoms with Crippen LogP contribution >= 0.6 is 22.9 Å². The van der Waals surface area contributed by atoms with Gasteiger partial charge < -0.3 is 15.7 Å². The molecule has 4 rings (SSSR count). The van der Waals surface area contributed by atoms with E-state index in [0.717, 1.165) is 24.1 Å². The number of carbonyl (C=O) groups excluding carboxylic acids is 1. The van der Waals surface area contributed by atoms with Gasteiger partial charge in [-0.3, -0.25) is 0 Å². The molecule has 6 nitrogen and oxygen atoms in total. The van der Waals surface area contributed by atoms with Gasteiger partial charge in [-0.25, -0.2) is 13.2 Å². The van der Waals surface area contributed by atoms with Gasteiger partial charge in [0.15, 0.2) is 15.6 Å². The van der Waals surface area contributed by atoms with Gasteiger partial charge in [-0.05, 0) is 61.2 Å². The van der Waals surface area contributed by atoms with Crippen LogP contribution in [0.2, 0.25) is 5.02 Å². The molecule has 2 aliphatic rings. The van der Waals surface area contributed by atoms with Gasteiger partial charge in [0.25, 0.3) is 0 Å². The number of phenols is 1. The highest BCUT2D eigenvalue weighted by Crippen LogP contribution is 2.43. The van der Waals surface area contributed by atoms with E-state index in [-0.39, 0.29) is 21.6 Å². The highest BCUT2D eigenvalue weighted by Gasteiger charge is 2.40. The SMILES string of the molecule is O=C(Nc1ccc(Cl)c(S(=O)(=O)C2CC2)c1O)N[C@@H]1CCCc2ccsc21. The molecule has 3 N–H and O–H groups in total. The Morgan fingerprint density at radius 1 is 1.22 bits per heavy atom. The van der Waals surface area contributed by atoms with Crippen molar-refractivity contribution in [3.8, 4) is 5.75 Å². The van der Waals surface area contributed by atoms with Crippen LogP contribution in [0, 0.1) is 0 Å². The van der Waals surface area contributed by atoms with Crippen molar-refractivity contribution < 1.29 is 18.3 Å². The Morgan fingerprint density at radius 2 is 2.00 bits per heavy atom. The van der Waals surface area contributed by atoms with Crippen LogP contribution in [0.5, 0.6) is 5.75 Å². The molecule has 2 aromatic rings. The first-order valence-electron chi connectivity index (χ1n) is 8.77. The molecule has 1 aromatic carbocycles. The number of halogens is 1. The van der Waals surface area contributed by atoms with Crippen molar-refractivity contribution in [2.45, 2.75) is 48.3 Å². The number of hydrogen-bond acceptors (Lipinski definition) is 5. The molecular weight excluding hydrogens is 408 g/mol. The number of amides is 2. The number of thiophene rings is 1. The van der Waals surface area contributed by atoms with Crippen LogP contribution in [0.1, 0.15) is 42.2 Å². The highest BCUT2D eigenvalue weighted by atomic mass is 35.5. The third-order valence-corrected chi connectivity index (χ3v) is 8.75. The highest BCUT2D eigenvalue weighted by molar-refractivity contribution is 7.92. The number of aryl methyl sites for hydroxylation is 1. The van der Waals surface area contributed by atoms with E-state index in [1.807, 2.05) is 5.38 Å². The number of hydrogen-bond donors (Lipinski definition) is 3. The third-order valence-electron chi connectivity index (χ3n) is 4.92. The van der Waals surface area contributed by atoms with Gasteiger partial charge in [0.2, 0.25) is 0 Å². The van der Waals surface area contributed by atoms with Crippen molar-refractivity contribution in [3.63, 3.8) is 0 Å². The van der Waals surface area contributed by atoms with Crippen LogP contribution in [0.25, 0.3) is 0 Å². The van der Waals surface area contributed by atoms with E-state index >= 15 is 0 Å². The molecule has 0 unspecified atom stereocenters. The van der Waals surface area contributed by atoms with E-state index in [1.54, 1.807) is 11.3 Å². The number of aromatic hydroxyl groups is 1. The van der Waals surface area contributed by atoms with Gasteiger partial charge in [0.05, 0.1) is 22.0 Å². The summed E-state index contributed by atoms with van der Waals surface area (Å²) < 4.78 is 25.1. The number of carbonyl (C=O) groups is 1. The lowest BCUT2D eigenvalue weighted by atomic mass is 9.95. The van der Waals surface area contributed by atoms with E-state index in [0.29, 0.717) is 12.8 Å². The first-order valence-corrected chi connectivity index (χ1v) is 11.6. The van der Waals surface area contributed by atoms with Crippen molar-refractivity contribution in [2.24, 2.45) is 0 Å². The molecule has 1 atom stereocenters. The van der Waals surface area contributed by atoms with E-state index in [1.165, 1.54) is 17.7 Å². The number of rotatable bonds is 4. The van der Waals surface area contributed by atoms with E-state index in [9.17, 15) is 18.3 Å². The fourth-order valence-corrected chi connectivity index (χ4v) is 6.73. The zero-order chi connectivity index (χ0) is 19.2. The minimum atomic E-state index is -3.70. The molecule has 1 heterocycles. The molecule has 1 aromatic heterocycles. The van der Waals surface area contributed by atoms with Crippen molar-refractivity contribution in [1.29, 1.82) is 0 Å². The van der Waals surface area contributed by atoms with Crippen LogP contribution in [0.3, 0.4) is 0 Å². The second-order valence-electron chi connectivity index (χ2n) is 6.87. The Hall–Kier alpha value is -1.77. The smallest absolute Gasteiger partial charge is 0.319 e. The quantitative estimate of drug-likeness (QED) is 0.637. The Morgan fingerprint density at radius 3 is 2.74 bits per heavy atom. The summed E-state index contributed by atoms with van der Waals surface area (Å²) in [5.41, 5.74) is 1.28. The zero-order valence-electron chi connectivity index (χ0n) is 14.4. The van der Waals surface area contributed by atoms with Crippen LogP contribution in [0.4, 0.5) is 10.5 Å². The summed E-state index contributed by atoms with van der Waals surface area (Å²) >= 11 is 7.64. The summed E-state index contributed by atoms with van der Waals surface area (Å²) in [6.45, 7) is 0. The summed E-state index contributed by atoms with van der Waals surface area (Å²) in [5.74, 6) is -0.509. The monoisotopic (exact) mass is 426 g/mol. The molecular formula is C18H19ClN2O4S2. The molecule has 0 spiro atoms. The van der Waals surface area contributed by atoms with Crippen molar-refractivity contribution in [2.75, 3.05) is 5.32 Å². The number of phenolic OH excluding ortho intramolecular Hbond substituents is 1. The van der Waals surface area contributed by atoms with Crippen LogP contribution in [-0.2, 0) is 16.3 Å². The predicted molar refractivity (Wildman–Crippen MR) is 105 cm³/mol. The normalized spacial score (nSPS) is 19.4. The maximum Gasteiger partial charge on any atom is 0.319 e. The van der Waals surface area contributed by atoms with Crippen molar-refractivity contribution in [1.82, 2.24) is 5.32 Å². The second-order valence-corrected chi connectivity index (χ2v) is 10.4. The minimum absolute atomic E-state index is 0.0262. The van der Waals surface area contributed by atoms with Crippen LogP contribution in [-0.4, -0.2) is 24.8 Å². The summed E-state index contributed by atoms with van der Waals surface area (Å²) in [6, 6.07) is 4.28. The summed E-state index contributed by atoms with van der Waals surface area (Å²) in [5, 5.41) is 17.4. The van der Waals surface area contributed by atoms with Crippen LogP contribution < -0.4 is 10.6 Å². The van der Waals surface area contributed by atoms with Crippen molar-refractivity contribution in [3.05, 3.63) is 39.0 Å². The first-order chi connectivity index (χ1) is 12.9. The number of fused-ring (bicyclic) bond motifs is 1. The van der Waals surface area contributed by atoms with Crippen LogP contribution in [0.15, 0.2) is 28.5 Å². The van der Waals surface area contributed by atoms with E-state index in [2.05, 4.69) is 16.7 Å². The molecule has 144 valence electrons. The molecule has 1 saturated carbocycles. The molecule has 2 aliphatic carbocycles. The lowest BCUT2D eigenvalue weighted by Gasteiger charge is -2.23. The number of benzene rings is 1. The third kappa shape index (κ3) is 3.53. The molecule has 9 heteroatoms. The molecule has 0 saturated heterocycles. The van der Waals surface area contributed by atoms with Gasteiger partial charge in [-0.1, -0.05) is 11.6 Å². The fourth-order valence-electron chi connectivity index (χ4n) is 3.40.